The van der Waals surface area contributed by atoms with Gasteiger partial charge in [0.25, 0.3) is 0 Å². The summed E-state index contributed by atoms with van der Waals surface area (Å²) in [4.78, 5) is 17.2. The van der Waals surface area contributed by atoms with Crippen LogP contribution in [0.1, 0.15) is 332 Å². The van der Waals surface area contributed by atoms with E-state index in [1.165, 1.54) is 31.2 Å². The topological polar surface area (TPSA) is 163 Å². The van der Waals surface area contributed by atoms with Crippen LogP contribution in [0.25, 0.3) is 0 Å². The number of aromatic hydroxyl groups is 1. The highest BCUT2D eigenvalue weighted by atomic mass is 16.8. The molecule has 5 heterocycles. The standard InChI is InChI=1S/C28H54N2O4.C23H46N2O4.C19H32O.C11H23NO2/c1-25(2)17-22(18-26(3,4)29-25)33-21-32-16-14-12-10-9-11-13-15-24(31)34-23-19-27(5,6)30-28(7,8)20-23;1-20(2)11-18(12-21(3,4)24(20)9)28-16-26-15-27-17-29-19-13-22(5,6)25(10)23(7,8)14-19;1-8-9-10-11-14-12-15(18(2,3)4)17(20)16(13-14)19(5,6)7;1-10(2)6-9(14-8-13-5)7-11(3,4)12-10/h22-23,29-30H,9-21H2,1-8H3;18-19H,11-17H2,1-10H3;12-13,20H,8-11H2,1-7H3;9,12H,6-8H2,1-5H3. The van der Waals surface area contributed by atoms with Crippen molar-refractivity contribution in [2.45, 2.75) is 419 Å². The van der Waals surface area contributed by atoms with Crippen molar-refractivity contribution in [2.24, 2.45) is 0 Å². The summed E-state index contributed by atoms with van der Waals surface area (Å²) in [5.41, 5.74) is 4.47. The third-order valence-electron chi connectivity index (χ3n) is 20.8. The number of esters is 1. The molecule has 0 saturated carbocycles. The molecule has 16 nitrogen and oxygen atoms in total. The van der Waals surface area contributed by atoms with Crippen molar-refractivity contribution in [1.82, 2.24) is 25.8 Å². The second kappa shape index (κ2) is 37.6. The molecule has 0 spiro atoms. The minimum Gasteiger partial charge on any atom is -0.507 e. The summed E-state index contributed by atoms with van der Waals surface area (Å²) in [6.07, 6.45) is 22.9. The van der Waals surface area contributed by atoms with Gasteiger partial charge in [0.2, 0.25) is 0 Å². The van der Waals surface area contributed by atoms with Gasteiger partial charge in [-0.05, 0) is 257 Å². The van der Waals surface area contributed by atoms with E-state index < -0.39 is 0 Å². The highest BCUT2D eigenvalue weighted by molar-refractivity contribution is 5.69. The summed E-state index contributed by atoms with van der Waals surface area (Å²) in [6.45, 7) is 62.3. The van der Waals surface area contributed by atoms with Crippen LogP contribution >= 0.6 is 0 Å². The van der Waals surface area contributed by atoms with Gasteiger partial charge in [-0.2, -0.15) is 0 Å². The Kier molecular flexibility index (Phi) is 34.6. The van der Waals surface area contributed by atoms with E-state index in [4.69, 9.17) is 42.6 Å². The lowest BCUT2D eigenvalue weighted by molar-refractivity contribution is -0.209. The van der Waals surface area contributed by atoms with E-state index >= 15 is 0 Å². The lowest BCUT2D eigenvalue weighted by atomic mass is 9.78. The van der Waals surface area contributed by atoms with Gasteiger partial charge in [0.1, 0.15) is 39.0 Å². The number of carbonyl (C=O) groups excluding carboxylic acids is 1. The van der Waals surface area contributed by atoms with Gasteiger partial charge in [0, 0.05) is 88.4 Å². The van der Waals surface area contributed by atoms with Crippen molar-refractivity contribution in [2.75, 3.05) is 61.8 Å². The van der Waals surface area contributed by atoms with Crippen molar-refractivity contribution in [3.8, 4) is 5.75 Å². The average Bonchev–Trinajstić information content (AvgIpc) is 0.805. The summed E-state index contributed by atoms with van der Waals surface area (Å²) in [7, 11) is 6.07. The number of phenolic OH excluding ortho intramolecular Hbond substituents is 1. The van der Waals surface area contributed by atoms with Crippen molar-refractivity contribution in [1.29, 1.82) is 0 Å². The second-order valence-corrected chi connectivity index (χ2v) is 38.4. The molecular formula is C81H155N5O11. The predicted octanol–water partition coefficient (Wildman–Crippen LogP) is 17.7. The van der Waals surface area contributed by atoms with E-state index in [2.05, 4.69) is 239 Å². The van der Waals surface area contributed by atoms with Crippen LogP contribution in [0, 0.1) is 0 Å². The molecule has 5 aliphatic heterocycles. The number of aryl methyl sites for hydroxylation is 1. The largest absolute Gasteiger partial charge is 0.507 e. The molecule has 4 N–H and O–H groups in total. The fourth-order valence-corrected chi connectivity index (χ4v) is 16.6. The van der Waals surface area contributed by atoms with E-state index in [0.717, 1.165) is 120 Å². The molecule has 1 aromatic rings. The maximum absolute atomic E-state index is 12.3. The second-order valence-electron chi connectivity index (χ2n) is 38.4. The number of methoxy groups -OCH3 is 1. The van der Waals surface area contributed by atoms with Crippen LogP contribution in [0.2, 0.25) is 0 Å². The molecule has 5 saturated heterocycles. The fraction of sp³-hybridized carbons (Fsp3) is 0.914. The van der Waals surface area contributed by atoms with Crippen LogP contribution in [0.5, 0.6) is 5.75 Å². The number of phenols is 1. The number of hydrogen-bond acceptors (Lipinski definition) is 16. The molecule has 16 heteroatoms. The van der Waals surface area contributed by atoms with Gasteiger partial charge in [0.05, 0.1) is 24.4 Å². The lowest BCUT2D eigenvalue weighted by Gasteiger charge is -2.53. The van der Waals surface area contributed by atoms with Crippen LogP contribution in [0.3, 0.4) is 0 Å². The molecule has 6 rings (SSSR count). The Morgan fingerprint density at radius 2 is 0.763 bits per heavy atom. The normalized spacial score (nSPS) is 23.2. The Bertz CT molecular complexity index is 2270. The number of ether oxygens (including phenoxy) is 9. The van der Waals surface area contributed by atoms with Crippen molar-refractivity contribution in [3.63, 3.8) is 0 Å². The van der Waals surface area contributed by atoms with Crippen molar-refractivity contribution < 1.29 is 52.5 Å². The zero-order chi connectivity index (χ0) is 73.9. The zero-order valence-corrected chi connectivity index (χ0v) is 68.6. The number of hydrogen-bond donors (Lipinski definition) is 4. The number of rotatable bonds is 28. The Hall–Kier alpha value is -2.03. The molecule has 0 radical (unpaired) electrons. The predicted molar refractivity (Wildman–Crippen MR) is 402 cm³/mol. The first kappa shape index (κ1) is 89.2. The van der Waals surface area contributed by atoms with Gasteiger partial charge in [-0.25, -0.2) is 0 Å². The smallest absolute Gasteiger partial charge is 0.306 e. The lowest BCUT2D eigenvalue weighted by Crippen LogP contribution is -2.60. The van der Waals surface area contributed by atoms with E-state index in [1.54, 1.807) is 7.11 Å². The van der Waals surface area contributed by atoms with Crippen LogP contribution in [0.15, 0.2) is 12.1 Å². The molecule has 0 atom stereocenters. The Morgan fingerprint density at radius 3 is 1.11 bits per heavy atom. The molecule has 97 heavy (non-hydrogen) atoms. The molecular weight excluding hydrogens is 1220 g/mol. The Balaban J connectivity index is 0.000000353. The van der Waals surface area contributed by atoms with Gasteiger partial charge in [-0.3, -0.25) is 14.6 Å². The highest BCUT2D eigenvalue weighted by Gasteiger charge is 2.46. The number of nitrogens with one attached hydrogen (secondary N) is 3. The summed E-state index contributed by atoms with van der Waals surface area (Å²) in [5, 5.41) is 21.6. The van der Waals surface area contributed by atoms with E-state index in [0.29, 0.717) is 31.9 Å². The van der Waals surface area contributed by atoms with Gasteiger partial charge < -0.3 is 63.7 Å². The minimum atomic E-state index is -0.0348. The molecule has 5 fully saturated rings. The molecule has 5 aliphatic rings. The molecule has 0 unspecified atom stereocenters. The minimum absolute atomic E-state index is 0.00369. The first-order valence-corrected chi connectivity index (χ1v) is 37.9. The zero-order valence-electron chi connectivity index (χ0n) is 68.6. The third-order valence-corrected chi connectivity index (χ3v) is 20.8. The van der Waals surface area contributed by atoms with Crippen molar-refractivity contribution >= 4 is 5.97 Å². The van der Waals surface area contributed by atoms with Crippen LogP contribution in [-0.2, 0) is 64.7 Å². The molecule has 1 aromatic carbocycles. The summed E-state index contributed by atoms with van der Waals surface area (Å²) >= 11 is 0. The molecule has 0 aliphatic carbocycles. The van der Waals surface area contributed by atoms with E-state index in [9.17, 15) is 9.90 Å². The maximum atomic E-state index is 12.3. The monoisotopic (exact) mass is 1370 g/mol. The first-order chi connectivity index (χ1) is 44.3. The SMILES string of the molecule is CC1(C)CC(OCOCCCCCCCCC(=O)OC2CC(C)(C)NC(C)(C)C2)CC(C)(C)N1.CCCCCc1cc(C(C)(C)C)c(O)c(C(C)(C)C)c1.CN1C(C)(C)CC(OCOCOCOC2CC(C)(C)N(C)C(C)(C)C2)CC1(C)C.COCOC1CC(C)(C)NC(C)(C)C1. The number of nitrogens with zero attached hydrogens (tertiary/aromatic N) is 2. The summed E-state index contributed by atoms with van der Waals surface area (Å²) in [5.74, 6) is 0.455. The van der Waals surface area contributed by atoms with Crippen LogP contribution in [-0.4, -0.2) is 169 Å². The van der Waals surface area contributed by atoms with Crippen LogP contribution < -0.4 is 16.0 Å². The quantitative estimate of drug-likeness (QED) is 0.0356. The first-order valence-electron chi connectivity index (χ1n) is 37.9. The number of benzene rings is 1. The fourth-order valence-electron chi connectivity index (χ4n) is 16.6. The maximum Gasteiger partial charge on any atom is 0.306 e. The Labute approximate surface area is 596 Å². The highest BCUT2D eigenvalue weighted by Crippen LogP contribution is 2.42. The van der Waals surface area contributed by atoms with E-state index in [1.807, 2.05) is 0 Å². The molecule has 0 amide bonds. The van der Waals surface area contributed by atoms with Gasteiger partial charge in [-0.1, -0.05) is 99.1 Å². The summed E-state index contributed by atoms with van der Waals surface area (Å²) < 4.78 is 51.2. The van der Waals surface area contributed by atoms with E-state index in [-0.39, 0.29) is 117 Å². The Morgan fingerprint density at radius 1 is 0.443 bits per heavy atom. The number of piperidine rings is 5. The number of likely N-dealkylation sites (tertiary alicyclic amines) is 2. The summed E-state index contributed by atoms with van der Waals surface area (Å²) in [6, 6.07) is 4.42. The van der Waals surface area contributed by atoms with Crippen molar-refractivity contribution in [3.05, 3.63) is 28.8 Å². The van der Waals surface area contributed by atoms with Gasteiger partial charge in [-0.15, -0.1) is 0 Å². The number of unbranched alkanes of at least 4 members (excludes halogenated alkanes) is 7. The third kappa shape index (κ3) is 33.1. The van der Waals surface area contributed by atoms with Gasteiger partial charge >= 0.3 is 5.97 Å². The molecule has 0 bridgehead atoms. The number of carbonyl (C=O) groups is 1. The molecule has 570 valence electrons. The molecule has 0 aromatic heterocycles. The van der Waals surface area contributed by atoms with Crippen LogP contribution in [0.4, 0.5) is 0 Å². The average molecular weight is 1380 g/mol. The van der Waals surface area contributed by atoms with Gasteiger partial charge in [0.15, 0.2) is 6.79 Å².